The Bertz CT molecular complexity index is 1230. The van der Waals surface area contributed by atoms with Crippen molar-refractivity contribution in [1.82, 2.24) is 4.90 Å². The highest BCUT2D eigenvalue weighted by Gasteiger charge is 2.35. The van der Waals surface area contributed by atoms with Crippen LogP contribution in [0.4, 0.5) is 4.39 Å². The molecule has 7 heteroatoms. The highest BCUT2D eigenvalue weighted by Crippen LogP contribution is 2.38. The number of amides is 1. The monoisotopic (exact) mass is 495 g/mol. The average Bonchev–Trinajstić information content (AvgIpc) is 3.14. The first-order valence-electron chi connectivity index (χ1n) is 11.5. The number of carbonyl (C=O) groups excluding carboxylic acids is 1. The Balaban J connectivity index is 1.42. The topological polar surface area (TPSA) is 66.8 Å². The summed E-state index contributed by atoms with van der Waals surface area (Å²) in [5.74, 6) is -0.989. The molecule has 0 bridgehead atoms. The van der Waals surface area contributed by atoms with Crippen LogP contribution in [-0.4, -0.2) is 40.6 Å². The van der Waals surface area contributed by atoms with E-state index < -0.39 is 17.4 Å². The van der Waals surface area contributed by atoms with E-state index in [1.54, 1.807) is 12.1 Å². The van der Waals surface area contributed by atoms with Gasteiger partial charge in [-0.25, -0.2) is 4.39 Å². The Labute approximate surface area is 209 Å². The van der Waals surface area contributed by atoms with E-state index in [1.165, 1.54) is 11.0 Å². The lowest BCUT2D eigenvalue weighted by Gasteiger charge is -2.24. The smallest absolute Gasteiger partial charge is 0.323 e. The number of benzene rings is 3. The maximum Gasteiger partial charge on any atom is 0.323 e. The molecule has 0 unspecified atom stereocenters. The number of aliphatic carboxylic acids is 1. The molecule has 1 aliphatic rings. The highest BCUT2D eigenvalue weighted by atomic mass is 35.5. The van der Waals surface area contributed by atoms with Gasteiger partial charge in [-0.15, -0.1) is 0 Å². The zero-order chi connectivity index (χ0) is 25.0. The number of rotatable bonds is 9. The summed E-state index contributed by atoms with van der Waals surface area (Å²) in [7, 11) is 0. The van der Waals surface area contributed by atoms with E-state index in [2.05, 4.69) is 0 Å². The number of hydrogen-bond donors (Lipinski definition) is 1. The molecular formula is C28H27ClFNO4. The van der Waals surface area contributed by atoms with Crippen LogP contribution in [0.5, 0.6) is 5.75 Å². The number of carboxylic acids is 1. The second-order valence-electron chi connectivity index (χ2n) is 9.22. The first-order valence-corrected chi connectivity index (χ1v) is 11.9. The molecule has 1 amide bonds. The Morgan fingerprint density at radius 1 is 1.06 bits per heavy atom. The van der Waals surface area contributed by atoms with Crippen LogP contribution in [0, 0.1) is 5.82 Å². The van der Waals surface area contributed by atoms with E-state index in [0.717, 1.165) is 28.0 Å². The van der Waals surface area contributed by atoms with Crippen LogP contribution in [0.2, 0.25) is 5.02 Å². The first-order chi connectivity index (χ1) is 16.7. The van der Waals surface area contributed by atoms with Gasteiger partial charge >= 0.3 is 5.97 Å². The number of carbonyl (C=O) groups is 2. The van der Waals surface area contributed by atoms with E-state index in [0.29, 0.717) is 25.8 Å². The maximum absolute atomic E-state index is 13.9. The van der Waals surface area contributed by atoms with Crippen molar-refractivity contribution in [3.8, 4) is 5.75 Å². The SMILES string of the molecule is C[C@@]1(Cc2ccc(Cl)c(F)c2)Cc2cc(CC(=O)N(CCc3ccccc3)CC(=O)O)ccc2O1. The van der Waals surface area contributed by atoms with Gasteiger partial charge in [0, 0.05) is 19.4 Å². The zero-order valence-corrected chi connectivity index (χ0v) is 20.2. The van der Waals surface area contributed by atoms with Gasteiger partial charge in [-0.1, -0.05) is 60.1 Å². The molecule has 182 valence electrons. The highest BCUT2D eigenvalue weighted by molar-refractivity contribution is 6.30. The summed E-state index contributed by atoms with van der Waals surface area (Å²) >= 11 is 5.80. The number of ether oxygens (including phenoxy) is 1. The lowest BCUT2D eigenvalue weighted by Crippen LogP contribution is -2.38. The van der Waals surface area contributed by atoms with Crippen LogP contribution in [0.25, 0.3) is 0 Å². The molecule has 4 rings (SSSR count). The fourth-order valence-corrected chi connectivity index (χ4v) is 4.63. The van der Waals surface area contributed by atoms with Gasteiger partial charge in [0.1, 0.15) is 23.7 Å². The summed E-state index contributed by atoms with van der Waals surface area (Å²) in [6.07, 6.45) is 1.81. The Morgan fingerprint density at radius 2 is 1.80 bits per heavy atom. The molecule has 0 aromatic heterocycles. The Morgan fingerprint density at radius 3 is 2.51 bits per heavy atom. The summed E-state index contributed by atoms with van der Waals surface area (Å²) in [6, 6.07) is 20.1. The molecule has 3 aromatic rings. The van der Waals surface area contributed by atoms with Gasteiger partial charge in [0.05, 0.1) is 11.4 Å². The summed E-state index contributed by atoms with van der Waals surface area (Å²) in [5.41, 5.74) is 3.07. The summed E-state index contributed by atoms with van der Waals surface area (Å²) < 4.78 is 20.1. The van der Waals surface area contributed by atoms with E-state index in [9.17, 15) is 19.1 Å². The Kier molecular flexibility index (Phi) is 7.41. The molecule has 0 saturated heterocycles. The molecule has 3 aromatic carbocycles. The van der Waals surface area contributed by atoms with Gasteiger partial charge in [-0.2, -0.15) is 0 Å². The molecular weight excluding hydrogens is 469 g/mol. The van der Waals surface area contributed by atoms with Crippen LogP contribution in [0.15, 0.2) is 66.7 Å². The second kappa shape index (κ2) is 10.5. The predicted molar refractivity (Wildman–Crippen MR) is 132 cm³/mol. The Hall–Kier alpha value is -3.38. The van der Waals surface area contributed by atoms with Crippen LogP contribution in [-0.2, 0) is 35.3 Å². The zero-order valence-electron chi connectivity index (χ0n) is 19.5. The fourth-order valence-electron chi connectivity index (χ4n) is 4.52. The van der Waals surface area contributed by atoms with Crippen molar-refractivity contribution in [2.75, 3.05) is 13.1 Å². The van der Waals surface area contributed by atoms with Crippen LogP contribution in [0.1, 0.15) is 29.2 Å². The molecule has 0 spiro atoms. The van der Waals surface area contributed by atoms with Crippen molar-refractivity contribution < 1.29 is 23.8 Å². The number of halogens is 2. The van der Waals surface area contributed by atoms with Gasteiger partial charge in [0.2, 0.25) is 5.91 Å². The third-order valence-corrected chi connectivity index (χ3v) is 6.46. The quantitative estimate of drug-likeness (QED) is 0.448. The average molecular weight is 496 g/mol. The minimum absolute atomic E-state index is 0.0875. The van der Waals surface area contributed by atoms with Gasteiger partial charge in [0.25, 0.3) is 0 Å². The maximum atomic E-state index is 13.9. The number of hydrogen-bond acceptors (Lipinski definition) is 3. The fraction of sp³-hybridized carbons (Fsp3) is 0.286. The van der Waals surface area contributed by atoms with Gasteiger partial charge < -0.3 is 14.7 Å². The molecule has 35 heavy (non-hydrogen) atoms. The summed E-state index contributed by atoms with van der Waals surface area (Å²) in [5, 5.41) is 9.38. The molecule has 1 N–H and O–H groups in total. The van der Waals surface area contributed by atoms with Crippen LogP contribution >= 0.6 is 11.6 Å². The minimum atomic E-state index is -1.04. The third-order valence-electron chi connectivity index (χ3n) is 6.16. The van der Waals surface area contributed by atoms with E-state index in [4.69, 9.17) is 16.3 Å². The van der Waals surface area contributed by atoms with Crippen molar-refractivity contribution in [1.29, 1.82) is 0 Å². The van der Waals surface area contributed by atoms with E-state index >= 15 is 0 Å². The summed E-state index contributed by atoms with van der Waals surface area (Å²) in [6.45, 7) is 1.97. The van der Waals surface area contributed by atoms with Crippen molar-refractivity contribution in [3.63, 3.8) is 0 Å². The number of fused-ring (bicyclic) bond motifs is 1. The number of carboxylic acid groups (broad SMARTS) is 1. The molecule has 1 heterocycles. The summed E-state index contributed by atoms with van der Waals surface area (Å²) in [4.78, 5) is 25.7. The van der Waals surface area contributed by atoms with E-state index in [-0.39, 0.29) is 23.9 Å². The van der Waals surface area contributed by atoms with Crippen LogP contribution in [0.3, 0.4) is 0 Å². The van der Waals surface area contributed by atoms with Gasteiger partial charge in [0.15, 0.2) is 0 Å². The molecule has 0 aliphatic carbocycles. The normalized spacial score (nSPS) is 16.4. The lowest BCUT2D eigenvalue weighted by molar-refractivity contribution is -0.144. The number of nitrogens with zero attached hydrogens (tertiary/aromatic N) is 1. The van der Waals surface area contributed by atoms with Crippen molar-refractivity contribution in [2.45, 2.75) is 38.2 Å². The molecule has 0 saturated carbocycles. The minimum Gasteiger partial charge on any atom is -0.487 e. The van der Waals surface area contributed by atoms with Crippen LogP contribution < -0.4 is 4.74 Å². The molecule has 1 aliphatic heterocycles. The molecule has 0 radical (unpaired) electrons. The third kappa shape index (κ3) is 6.40. The molecule has 1 atom stereocenters. The van der Waals surface area contributed by atoms with Crippen molar-refractivity contribution >= 4 is 23.5 Å². The van der Waals surface area contributed by atoms with Crippen molar-refractivity contribution in [3.05, 3.63) is 99.8 Å². The second-order valence-corrected chi connectivity index (χ2v) is 9.62. The molecule has 0 fully saturated rings. The molecule has 5 nitrogen and oxygen atoms in total. The largest absolute Gasteiger partial charge is 0.487 e. The van der Waals surface area contributed by atoms with Crippen molar-refractivity contribution in [2.24, 2.45) is 0 Å². The standard InChI is InChI=1S/C28H27ClFNO4/c1-28(16-21-7-9-23(29)24(30)14-21)17-22-13-20(8-10-25(22)35-28)15-26(32)31(18-27(33)34)12-11-19-5-3-2-4-6-19/h2-10,13-14H,11-12,15-18H2,1H3,(H,33,34)/t28-/m1/s1. The predicted octanol–water partition coefficient (Wildman–Crippen LogP) is 5.11. The van der Waals surface area contributed by atoms with Gasteiger partial charge in [-0.3, -0.25) is 9.59 Å². The first kappa shape index (κ1) is 24.7. The lowest BCUT2D eigenvalue weighted by atomic mass is 9.91. The van der Waals surface area contributed by atoms with Gasteiger partial charge in [-0.05, 0) is 53.8 Å². The van der Waals surface area contributed by atoms with E-state index in [1.807, 2.05) is 55.5 Å².